The van der Waals surface area contributed by atoms with Crippen LogP contribution in [0.25, 0.3) is 0 Å². The minimum atomic E-state index is 0.206. The number of carbonyl (C=O) groups excluding carboxylic acids is 1. The van der Waals surface area contributed by atoms with Gasteiger partial charge in [0.1, 0.15) is 0 Å². The number of likely N-dealkylation sites (N-methyl/N-ethyl adjacent to an activating group) is 1. The largest absolute Gasteiger partial charge is 0.346 e. The van der Waals surface area contributed by atoms with E-state index in [4.69, 9.17) is 0 Å². The third kappa shape index (κ3) is 3.67. The van der Waals surface area contributed by atoms with Gasteiger partial charge in [-0.2, -0.15) is 0 Å². The number of nitrogens with zero attached hydrogens (tertiary/aromatic N) is 4. The van der Waals surface area contributed by atoms with Crippen LogP contribution < -0.4 is 4.90 Å². The maximum absolute atomic E-state index is 12.0. The van der Waals surface area contributed by atoms with Crippen LogP contribution in [-0.2, 0) is 4.79 Å². The Kier molecular flexibility index (Phi) is 4.76. The van der Waals surface area contributed by atoms with Gasteiger partial charge in [-0.25, -0.2) is 4.98 Å². The summed E-state index contributed by atoms with van der Waals surface area (Å²) < 4.78 is 0. The van der Waals surface area contributed by atoms with Crippen molar-refractivity contribution in [1.29, 1.82) is 0 Å². The van der Waals surface area contributed by atoms with Gasteiger partial charge < -0.3 is 9.80 Å². The van der Waals surface area contributed by atoms with Crippen molar-refractivity contribution in [1.82, 2.24) is 14.8 Å². The molecule has 0 aliphatic carbocycles. The van der Waals surface area contributed by atoms with E-state index < -0.39 is 0 Å². The molecule has 2 rings (SSSR count). The molecule has 0 spiro atoms. The molecule has 0 aromatic carbocycles. The van der Waals surface area contributed by atoms with Gasteiger partial charge in [0.05, 0.1) is 6.54 Å². The standard InChI is InChI=1S/C13H22N4OS/c1-11(2)15(3)12(18)10-16-5-7-17(8-6-16)13-14-4-9-19-13/h4,9,11H,5-8,10H2,1-3H3. The van der Waals surface area contributed by atoms with Crippen LogP contribution in [0.5, 0.6) is 0 Å². The maximum atomic E-state index is 12.0. The average Bonchev–Trinajstić information content (AvgIpc) is 2.92. The molecule has 0 unspecified atom stereocenters. The third-order valence-electron chi connectivity index (χ3n) is 3.59. The lowest BCUT2D eigenvalue weighted by Crippen LogP contribution is -2.50. The van der Waals surface area contributed by atoms with Gasteiger partial charge in [-0.3, -0.25) is 9.69 Å². The second-order valence-electron chi connectivity index (χ2n) is 5.18. The summed E-state index contributed by atoms with van der Waals surface area (Å²) in [5.41, 5.74) is 0. The van der Waals surface area contributed by atoms with Gasteiger partial charge in [0, 0.05) is 50.8 Å². The molecule has 1 aliphatic heterocycles. The van der Waals surface area contributed by atoms with Crippen LogP contribution in [0.3, 0.4) is 0 Å². The molecule has 0 radical (unpaired) electrons. The lowest BCUT2D eigenvalue weighted by molar-refractivity contribution is -0.132. The van der Waals surface area contributed by atoms with Gasteiger partial charge in [-0.1, -0.05) is 0 Å². The van der Waals surface area contributed by atoms with Crippen LogP contribution in [0.15, 0.2) is 11.6 Å². The van der Waals surface area contributed by atoms with Gasteiger partial charge in [-0.05, 0) is 13.8 Å². The molecule has 1 aliphatic rings. The molecule has 0 atom stereocenters. The van der Waals surface area contributed by atoms with Crippen LogP contribution in [-0.4, -0.2) is 66.5 Å². The first-order chi connectivity index (χ1) is 9.08. The van der Waals surface area contributed by atoms with Crippen molar-refractivity contribution in [2.24, 2.45) is 0 Å². The van der Waals surface area contributed by atoms with Gasteiger partial charge in [-0.15, -0.1) is 11.3 Å². The van der Waals surface area contributed by atoms with Crippen LogP contribution in [0, 0.1) is 0 Å². The number of hydrogen-bond acceptors (Lipinski definition) is 5. The van der Waals surface area contributed by atoms with Gasteiger partial charge in [0.2, 0.25) is 5.91 Å². The minimum Gasteiger partial charge on any atom is -0.346 e. The number of amides is 1. The maximum Gasteiger partial charge on any atom is 0.236 e. The predicted octanol–water partition coefficient (Wildman–Crippen LogP) is 1.13. The number of rotatable bonds is 4. The molecule has 0 bridgehead atoms. The summed E-state index contributed by atoms with van der Waals surface area (Å²) in [4.78, 5) is 22.7. The molecule has 0 N–H and O–H groups in total. The zero-order chi connectivity index (χ0) is 13.8. The highest BCUT2D eigenvalue weighted by Crippen LogP contribution is 2.18. The molecule has 1 aromatic rings. The lowest BCUT2D eigenvalue weighted by atomic mass is 10.3. The van der Waals surface area contributed by atoms with E-state index in [1.165, 1.54) is 0 Å². The van der Waals surface area contributed by atoms with E-state index in [1.54, 1.807) is 11.3 Å². The smallest absolute Gasteiger partial charge is 0.236 e. The highest BCUT2D eigenvalue weighted by atomic mass is 32.1. The Hall–Kier alpha value is -1.14. The van der Waals surface area contributed by atoms with Crippen molar-refractivity contribution in [3.05, 3.63) is 11.6 Å². The van der Waals surface area contributed by atoms with Crippen LogP contribution in [0.1, 0.15) is 13.8 Å². The number of anilines is 1. The van der Waals surface area contributed by atoms with Crippen LogP contribution in [0.4, 0.5) is 5.13 Å². The molecule has 1 fully saturated rings. The summed E-state index contributed by atoms with van der Waals surface area (Å²) in [5, 5.41) is 3.09. The van der Waals surface area contributed by atoms with E-state index in [9.17, 15) is 4.79 Å². The Morgan fingerprint density at radius 3 is 2.63 bits per heavy atom. The van der Waals surface area contributed by atoms with E-state index >= 15 is 0 Å². The van der Waals surface area contributed by atoms with Gasteiger partial charge >= 0.3 is 0 Å². The number of carbonyl (C=O) groups is 1. The molecular formula is C13H22N4OS. The van der Waals surface area contributed by atoms with Crippen molar-refractivity contribution in [3.63, 3.8) is 0 Å². The molecule has 0 saturated carbocycles. The number of piperazine rings is 1. The molecular weight excluding hydrogens is 260 g/mol. The summed E-state index contributed by atoms with van der Waals surface area (Å²) in [5.74, 6) is 0.206. The molecule has 1 aromatic heterocycles. The van der Waals surface area contributed by atoms with Crippen molar-refractivity contribution >= 4 is 22.4 Å². The fourth-order valence-electron chi connectivity index (χ4n) is 2.06. The minimum absolute atomic E-state index is 0.206. The average molecular weight is 282 g/mol. The first kappa shape index (κ1) is 14.3. The lowest BCUT2D eigenvalue weighted by Gasteiger charge is -2.35. The Morgan fingerprint density at radius 2 is 2.11 bits per heavy atom. The summed E-state index contributed by atoms with van der Waals surface area (Å²) in [6, 6.07) is 0.268. The van der Waals surface area contributed by atoms with Crippen molar-refractivity contribution < 1.29 is 4.79 Å². The predicted molar refractivity (Wildman–Crippen MR) is 78.7 cm³/mol. The Bertz CT molecular complexity index is 399. The first-order valence-electron chi connectivity index (χ1n) is 6.70. The van der Waals surface area contributed by atoms with E-state index in [-0.39, 0.29) is 11.9 Å². The van der Waals surface area contributed by atoms with E-state index in [0.717, 1.165) is 31.3 Å². The normalized spacial score (nSPS) is 16.9. The second kappa shape index (κ2) is 6.34. The number of hydrogen-bond donors (Lipinski definition) is 0. The van der Waals surface area contributed by atoms with E-state index in [0.29, 0.717) is 6.54 Å². The van der Waals surface area contributed by atoms with E-state index in [2.05, 4.69) is 14.8 Å². The SMILES string of the molecule is CC(C)N(C)C(=O)CN1CCN(c2nccs2)CC1. The molecule has 6 heteroatoms. The fourth-order valence-corrected chi connectivity index (χ4v) is 2.76. The van der Waals surface area contributed by atoms with Crippen molar-refractivity contribution in [3.8, 4) is 0 Å². The fraction of sp³-hybridized carbons (Fsp3) is 0.692. The zero-order valence-corrected chi connectivity index (χ0v) is 12.7. The molecule has 1 amide bonds. The molecule has 1 saturated heterocycles. The summed E-state index contributed by atoms with van der Waals surface area (Å²) in [6.45, 7) is 8.36. The van der Waals surface area contributed by atoms with Crippen LogP contribution >= 0.6 is 11.3 Å². The second-order valence-corrected chi connectivity index (χ2v) is 6.05. The van der Waals surface area contributed by atoms with Crippen molar-refractivity contribution in [2.75, 3.05) is 44.7 Å². The summed E-state index contributed by atoms with van der Waals surface area (Å²) in [6.07, 6.45) is 1.84. The quantitative estimate of drug-likeness (QED) is 0.830. The molecule has 2 heterocycles. The molecule has 106 valence electrons. The topological polar surface area (TPSA) is 39.7 Å². The molecule has 5 nitrogen and oxygen atoms in total. The number of aromatic nitrogens is 1. The van der Waals surface area contributed by atoms with Gasteiger partial charge in [0.15, 0.2) is 5.13 Å². The Labute approximate surface area is 118 Å². The molecule has 19 heavy (non-hydrogen) atoms. The first-order valence-corrected chi connectivity index (χ1v) is 7.58. The highest BCUT2D eigenvalue weighted by molar-refractivity contribution is 7.13. The number of thiazole rings is 1. The highest BCUT2D eigenvalue weighted by Gasteiger charge is 2.22. The zero-order valence-electron chi connectivity index (χ0n) is 11.9. The van der Waals surface area contributed by atoms with Gasteiger partial charge in [0.25, 0.3) is 0 Å². The van der Waals surface area contributed by atoms with E-state index in [1.807, 2.05) is 37.4 Å². The third-order valence-corrected chi connectivity index (χ3v) is 4.42. The Morgan fingerprint density at radius 1 is 1.42 bits per heavy atom. The van der Waals surface area contributed by atoms with Crippen LogP contribution in [0.2, 0.25) is 0 Å². The Balaban J connectivity index is 1.79. The summed E-state index contributed by atoms with van der Waals surface area (Å²) >= 11 is 1.67. The summed E-state index contributed by atoms with van der Waals surface area (Å²) in [7, 11) is 1.87. The van der Waals surface area contributed by atoms with Crippen molar-refractivity contribution in [2.45, 2.75) is 19.9 Å². The monoisotopic (exact) mass is 282 g/mol.